The summed E-state index contributed by atoms with van der Waals surface area (Å²) in [5.41, 5.74) is 0. The van der Waals surface area contributed by atoms with E-state index < -0.39 is 12.1 Å². The number of carboxylic acids is 1. The fraction of sp³-hybridized carbons (Fsp3) is 0.917. The van der Waals surface area contributed by atoms with Crippen molar-refractivity contribution in [2.75, 3.05) is 27.7 Å². The number of likely N-dealkylation sites (N-methyl/N-ethyl adjacent to an activating group) is 1. The van der Waals surface area contributed by atoms with Crippen LogP contribution in [0.15, 0.2) is 0 Å². The van der Waals surface area contributed by atoms with E-state index in [1.807, 2.05) is 21.1 Å². The second-order valence-corrected chi connectivity index (χ2v) is 9.78. The number of hydrogen-bond acceptors (Lipinski definition) is 4. The average Bonchev–Trinajstić information content (AvgIpc) is 2.58. The van der Waals surface area contributed by atoms with Gasteiger partial charge in [-0.3, -0.25) is 4.79 Å². The van der Waals surface area contributed by atoms with E-state index in [0.717, 1.165) is 12.8 Å². The number of carbonyl (C=O) groups is 2. The molecule has 0 fully saturated rings. The maximum absolute atomic E-state index is 12.1. The van der Waals surface area contributed by atoms with Gasteiger partial charge in [-0.05, 0) is 12.3 Å². The van der Waals surface area contributed by atoms with Crippen LogP contribution in [0.2, 0.25) is 0 Å². The third-order valence-electron chi connectivity index (χ3n) is 5.32. The van der Waals surface area contributed by atoms with E-state index in [0.29, 0.717) is 23.4 Å². The van der Waals surface area contributed by atoms with Crippen LogP contribution < -0.4 is 5.11 Å². The molecule has 2 unspecified atom stereocenters. The summed E-state index contributed by atoms with van der Waals surface area (Å²) in [4.78, 5) is 23.0. The summed E-state index contributed by atoms with van der Waals surface area (Å²) in [6.45, 7) is 4.98. The SMILES string of the molecule is CCCCCCCCCCCC(C)CCCC(=O)OC(CC(=O)[O-])C[N+](C)(C)C. The topological polar surface area (TPSA) is 66.4 Å². The molecule has 0 saturated heterocycles. The van der Waals surface area contributed by atoms with Gasteiger partial charge in [-0.2, -0.15) is 0 Å². The zero-order valence-corrected chi connectivity index (χ0v) is 19.8. The zero-order valence-electron chi connectivity index (χ0n) is 19.8. The van der Waals surface area contributed by atoms with Crippen LogP contribution >= 0.6 is 0 Å². The molecule has 0 radical (unpaired) electrons. The van der Waals surface area contributed by atoms with Gasteiger partial charge in [-0.15, -0.1) is 0 Å². The molecule has 172 valence electrons. The summed E-state index contributed by atoms with van der Waals surface area (Å²) in [6, 6.07) is 0. The van der Waals surface area contributed by atoms with Crippen molar-refractivity contribution >= 4 is 11.9 Å². The highest BCUT2D eigenvalue weighted by Gasteiger charge is 2.22. The van der Waals surface area contributed by atoms with E-state index in [1.165, 1.54) is 64.2 Å². The van der Waals surface area contributed by atoms with E-state index in [9.17, 15) is 14.7 Å². The number of nitrogens with zero attached hydrogens (tertiary/aromatic N) is 1. The predicted molar refractivity (Wildman–Crippen MR) is 117 cm³/mol. The molecule has 0 aliphatic carbocycles. The molecule has 0 aromatic rings. The van der Waals surface area contributed by atoms with Gasteiger partial charge in [0.2, 0.25) is 0 Å². The number of carbonyl (C=O) groups excluding carboxylic acids is 2. The van der Waals surface area contributed by atoms with Gasteiger partial charge in [-0.1, -0.05) is 84.5 Å². The van der Waals surface area contributed by atoms with Gasteiger partial charge in [0.1, 0.15) is 6.54 Å². The number of carboxylic acid groups (broad SMARTS) is 1. The summed E-state index contributed by atoms with van der Waals surface area (Å²) in [5.74, 6) is -0.844. The van der Waals surface area contributed by atoms with Crippen LogP contribution in [0.1, 0.15) is 104 Å². The van der Waals surface area contributed by atoms with Crippen molar-refractivity contribution in [3.8, 4) is 0 Å². The first-order chi connectivity index (χ1) is 13.6. The number of esters is 1. The minimum Gasteiger partial charge on any atom is -0.550 e. The predicted octanol–water partition coefficient (Wildman–Crippen LogP) is 4.47. The van der Waals surface area contributed by atoms with Gasteiger partial charge in [0.15, 0.2) is 6.10 Å². The summed E-state index contributed by atoms with van der Waals surface area (Å²) >= 11 is 0. The Morgan fingerprint density at radius 3 is 1.90 bits per heavy atom. The van der Waals surface area contributed by atoms with Gasteiger partial charge in [0.05, 0.1) is 21.1 Å². The Kier molecular flexibility index (Phi) is 16.0. The van der Waals surface area contributed by atoms with Crippen LogP contribution in [-0.4, -0.2) is 50.2 Å². The number of quaternary nitrogens is 1. The molecule has 5 nitrogen and oxygen atoms in total. The zero-order chi connectivity index (χ0) is 22.1. The Morgan fingerprint density at radius 1 is 0.862 bits per heavy atom. The summed E-state index contributed by atoms with van der Waals surface area (Å²) in [6.07, 6.45) is 14.7. The average molecular weight is 414 g/mol. The first kappa shape index (κ1) is 27.9. The third kappa shape index (κ3) is 20.0. The van der Waals surface area contributed by atoms with E-state index in [4.69, 9.17) is 4.74 Å². The minimum atomic E-state index is -1.18. The first-order valence-electron chi connectivity index (χ1n) is 11.8. The molecule has 0 heterocycles. The molecule has 0 aliphatic heterocycles. The van der Waals surface area contributed by atoms with Gasteiger partial charge >= 0.3 is 5.97 Å². The Hall–Kier alpha value is -1.10. The van der Waals surface area contributed by atoms with Gasteiger partial charge in [-0.25, -0.2) is 0 Å². The Bertz CT molecular complexity index is 431. The molecule has 0 spiro atoms. The first-order valence-corrected chi connectivity index (χ1v) is 11.8. The highest BCUT2D eigenvalue weighted by atomic mass is 16.5. The molecule has 0 aliphatic rings. The van der Waals surface area contributed by atoms with Gasteiger partial charge < -0.3 is 19.1 Å². The van der Waals surface area contributed by atoms with Crippen LogP contribution in [0.5, 0.6) is 0 Å². The second-order valence-electron chi connectivity index (χ2n) is 9.78. The standard InChI is InChI=1S/C24H47NO4/c1-6-7-8-9-10-11-12-13-14-16-21(2)17-15-18-24(28)29-22(19-23(26)27)20-25(3,4)5/h21-22H,6-20H2,1-5H3. The van der Waals surface area contributed by atoms with Crippen molar-refractivity contribution in [2.45, 2.75) is 110 Å². The Balaban J connectivity index is 3.81. The van der Waals surface area contributed by atoms with Crippen molar-refractivity contribution in [1.29, 1.82) is 0 Å². The van der Waals surface area contributed by atoms with Crippen molar-refractivity contribution < 1.29 is 23.9 Å². The lowest BCUT2D eigenvalue weighted by Gasteiger charge is -2.29. The van der Waals surface area contributed by atoms with Crippen LogP contribution in [0.3, 0.4) is 0 Å². The molecule has 0 amide bonds. The maximum Gasteiger partial charge on any atom is 0.306 e. The molecule has 0 saturated carbocycles. The monoisotopic (exact) mass is 413 g/mol. The van der Waals surface area contributed by atoms with E-state index in [-0.39, 0.29) is 12.4 Å². The minimum absolute atomic E-state index is 0.240. The lowest BCUT2D eigenvalue weighted by Crippen LogP contribution is -2.45. The second kappa shape index (κ2) is 16.7. The largest absolute Gasteiger partial charge is 0.550 e. The summed E-state index contributed by atoms with van der Waals surface area (Å²) < 4.78 is 5.95. The van der Waals surface area contributed by atoms with Crippen LogP contribution in [0.4, 0.5) is 0 Å². The third-order valence-corrected chi connectivity index (χ3v) is 5.32. The van der Waals surface area contributed by atoms with Gasteiger partial charge in [0, 0.05) is 18.8 Å². The van der Waals surface area contributed by atoms with Gasteiger partial charge in [0.25, 0.3) is 0 Å². The molecule has 0 rings (SSSR count). The molecular formula is C24H47NO4. The molecule has 0 aromatic carbocycles. The molecule has 0 aromatic heterocycles. The lowest BCUT2D eigenvalue weighted by molar-refractivity contribution is -0.873. The quantitative estimate of drug-likeness (QED) is 0.178. The fourth-order valence-corrected chi connectivity index (χ4v) is 3.73. The number of ether oxygens (including phenoxy) is 1. The highest BCUT2D eigenvalue weighted by Crippen LogP contribution is 2.18. The number of aliphatic carboxylic acids is 1. The summed E-state index contributed by atoms with van der Waals surface area (Å²) in [7, 11) is 5.85. The molecule has 0 N–H and O–H groups in total. The molecule has 0 bridgehead atoms. The number of hydrogen-bond donors (Lipinski definition) is 0. The fourth-order valence-electron chi connectivity index (χ4n) is 3.73. The van der Waals surface area contributed by atoms with E-state index in [1.54, 1.807) is 0 Å². The lowest BCUT2D eigenvalue weighted by atomic mass is 9.96. The highest BCUT2D eigenvalue weighted by molar-refractivity contribution is 5.70. The molecule has 29 heavy (non-hydrogen) atoms. The van der Waals surface area contributed by atoms with Crippen LogP contribution in [0.25, 0.3) is 0 Å². The number of unbranched alkanes of at least 4 members (excludes halogenated alkanes) is 8. The van der Waals surface area contributed by atoms with E-state index in [2.05, 4.69) is 13.8 Å². The van der Waals surface area contributed by atoms with Crippen molar-refractivity contribution in [3.05, 3.63) is 0 Å². The Morgan fingerprint density at radius 2 is 1.38 bits per heavy atom. The van der Waals surface area contributed by atoms with Crippen LogP contribution in [-0.2, 0) is 14.3 Å². The van der Waals surface area contributed by atoms with Crippen LogP contribution in [0, 0.1) is 5.92 Å². The smallest absolute Gasteiger partial charge is 0.306 e. The molecular weight excluding hydrogens is 366 g/mol. The Labute approximate surface area is 179 Å². The summed E-state index contributed by atoms with van der Waals surface area (Å²) in [5, 5.41) is 10.9. The van der Waals surface area contributed by atoms with Crippen molar-refractivity contribution in [2.24, 2.45) is 5.92 Å². The van der Waals surface area contributed by atoms with Crippen molar-refractivity contribution in [3.63, 3.8) is 0 Å². The normalized spacial score (nSPS) is 13.8. The number of rotatable bonds is 19. The maximum atomic E-state index is 12.1. The van der Waals surface area contributed by atoms with E-state index >= 15 is 0 Å². The molecule has 2 atom stereocenters. The molecule has 5 heteroatoms. The van der Waals surface area contributed by atoms with Crippen molar-refractivity contribution in [1.82, 2.24) is 0 Å².